The normalized spacial score (nSPS) is 12.5. The number of hydrogen-bond acceptors (Lipinski definition) is 5. The van der Waals surface area contributed by atoms with Crippen molar-refractivity contribution in [2.45, 2.75) is 23.1 Å². The molecular weight excluding hydrogens is 284 g/mol. The number of nitrogens with zero attached hydrogens (tertiary/aromatic N) is 2. The van der Waals surface area contributed by atoms with Crippen LogP contribution in [-0.2, 0) is 0 Å². The maximum atomic E-state index is 5.89. The summed E-state index contributed by atoms with van der Waals surface area (Å²) in [6, 6.07) is 9.67. The second-order valence-electron chi connectivity index (χ2n) is 4.74. The zero-order valence-electron chi connectivity index (χ0n) is 11.8. The third kappa shape index (κ3) is 3.01. The van der Waals surface area contributed by atoms with Gasteiger partial charge in [0.05, 0.1) is 18.1 Å². The zero-order valence-corrected chi connectivity index (χ0v) is 12.6. The number of methoxy groups -OCH3 is 1. The number of rotatable bonds is 4. The summed E-state index contributed by atoms with van der Waals surface area (Å²) in [7, 11) is 1.65. The number of fused-ring (bicyclic) bond motifs is 1. The molecule has 5 nitrogen and oxygen atoms in total. The Hall–Kier alpha value is -2.05. The van der Waals surface area contributed by atoms with E-state index in [2.05, 4.69) is 15.0 Å². The molecule has 0 fully saturated rings. The van der Waals surface area contributed by atoms with Crippen molar-refractivity contribution < 1.29 is 4.74 Å². The monoisotopic (exact) mass is 300 g/mol. The predicted octanol–water partition coefficient (Wildman–Crippen LogP) is 3.14. The Kier molecular flexibility index (Phi) is 3.81. The van der Waals surface area contributed by atoms with Crippen LogP contribution in [0.2, 0.25) is 0 Å². The summed E-state index contributed by atoms with van der Waals surface area (Å²) < 4.78 is 5.21. The second kappa shape index (κ2) is 5.75. The Morgan fingerprint density at radius 2 is 2.14 bits per heavy atom. The number of pyridine rings is 1. The van der Waals surface area contributed by atoms with Gasteiger partial charge >= 0.3 is 0 Å². The maximum Gasteiger partial charge on any atom is 0.172 e. The fraction of sp³-hybridized carbons (Fsp3) is 0.200. The van der Waals surface area contributed by atoms with Gasteiger partial charge in [-0.25, -0.2) is 9.97 Å². The molecule has 0 spiro atoms. The quantitative estimate of drug-likeness (QED) is 0.774. The van der Waals surface area contributed by atoms with Crippen molar-refractivity contribution in [1.82, 2.24) is 15.0 Å². The van der Waals surface area contributed by atoms with Gasteiger partial charge in [-0.1, -0.05) is 0 Å². The summed E-state index contributed by atoms with van der Waals surface area (Å²) in [6.07, 6.45) is 1.77. The van der Waals surface area contributed by atoms with Crippen molar-refractivity contribution in [3.05, 3.63) is 42.1 Å². The number of aromatic amines is 1. The third-order valence-corrected chi connectivity index (χ3v) is 3.97. The molecule has 0 aliphatic heterocycles. The number of hydrogen-bond donors (Lipinski definition) is 2. The number of nitrogens with one attached hydrogen (secondary N) is 1. The minimum atomic E-state index is -0.00714. The summed E-state index contributed by atoms with van der Waals surface area (Å²) in [5, 5.41) is 1.67. The van der Waals surface area contributed by atoms with E-state index in [1.54, 1.807) is 13.3 Å². The second-order valence-corrected chi connectivity index (χ2v) is 5.75. The molecule has 2 heterocycles. The Balaban J connectivity index is 1.89. The summed E-state index contributed by atoms with van der Waals surface area (Å²) in [6.45, 7) is 1.96. The lowest BCUT2D eigenvalue weighted by molar-refractivity contribution is 0.415. The van der Waals surface area contributed by atoms with Crippen LogP contribution in [0.4, 0.5) is 0 Å². The minimum Gasteiger partial charge on any atom is -0.497 e. The van der Waals surface area contributed by atoms with Crippen molar-refractivity contribution in [3.63, 3.8) is 0 Å². The number of nitrogens with two attached hydrogens (primary N) is 1. The number of ether oxygens (including phenoxy) is 1. The van der Waals surface area contributed by atoms with Gasteiger partial charge in [-0.15, -0.1) is 0 Å². The molecule has 6 heteroatoms. The molecule has 108 valence electrons. The van der Waals surface area contributed by atoms with E-state index in [1.165, 1.54) is 11.8 Å². The van der Waals surface area contributed by atoms with Crippen LogP contribution in [0.3, 0.4) is 0 Å². The van der Waals surface area contributed by atoms with E-state index in [-0.39, 0.29) is 6.04 Å². The molecule has 0 saturated carbocycles. The van der Waals surface area contributed by atoms with Crippen LogP contribution in [0, 0.1) is 0 Å². The van der Waals surface area contributed by atoms with Crippen LogP contribution in [0.5, 0.6) is 5.75 Å². The molecular formula is C15H16N4OS. The van der Waals surface area contributed by atoms with Gasteiger partial charge in [0.2, 0.25) is 0 Å². The molecule has 0 aliphatic carbocycles. The number of benzene rings is 1. The minimum absolute atomic E-state index is 0.00714. The van der Waals surface area contributed by atoms with Gasteiger partial charge in [0.1, 0.15) is 10.8 Å². The highest BCUT2D eigenvalue weighted by molar-refractivity contribution is 7.99. The van der Waals surface area contributed by atoms with Crippen molar-refractivity contribution in [2.24, 2.45) is 5.73 Å². The molecule has 0 saturated heterocycles. The summed E-state index contributed by atoms with van der Waals surface area (Å²) >= 11 is 1.48. The fourth-order valence-electron chi connectivity index (χ4n) is 2.00. The summed E-state index contributed by atoms with van der Waals surface area (Å²) in [5.41, 5.74) is 8.80. The Labute approximate surface area is 126 Å². The van der Waals surface area contributed by atoms with Gasteiger partial charge in [-0.2, -0.15) is 0 Å². The van der Waals surface area contributed by atoms with E-state index in [9.17, 15) is 0 Å². The van der Waals surface area contributed by atoms with Crippen LogP contribution in [0.15, 0.2) is 46.7 Å². The maximum absolute atomic E-state index is 5.89. The molecule has 3 rings (SSSR count). The van der Waals surface area contributed by atoms with E-state index in [1.807, 2.05) is 37.3 Å². The molecule has 2 aromatic heterocycles. The lowest BCUT2D eigenvalue weighted by Gasteiger charge is -2.05. The number of imidazole rings is 1. The van der Waals surface area contributed by atoms with Crippen molar-refractivity contribution >= 4 is 22.8 Å². The lowest BCUT2D eigenvalue weighted by Crippen LogP contribution is -2.04. The zero-order chi connectivity index (χ0) is 14.8. The van der Waals surface area contributed by atoms with Crippen LogP contribution < -0.4 is 10.5 Å². The first-order valence-corrected chi connectivity index (χ1v) is 7.40. The highest BCUT2D eigenvalue weighted by Gasteiger charge is 2.08. The first-order valence-electron chi connectivity index (χ1n) is 6.59. The highest BCUT2D eigenvalue weighted by Crippen LogP contribution is 2.28. The molecule has 1 atom stereocenters. The van der Waals surface area contributed by atoms with Gasteiger partial charge in [-0.3, -0.25) is 0 Å². The molecule has 0 bridgehead atoms. The van der Waals surface area contributed by atoms with Gasteiger partial charge in [0.15, 0.2) is 5.16 Å². The highest BCUT2D eigenvalue weighted by atomic mass is 32.2. The standard InChI is InChI=1S/C15H16N4OS/c1-9(16)10-5-6-17-14(7-10)21-15-18-12-4-3-11(20-2)8-13(12)19-15/h3-9H,16H2,1-2H3,(H,18,19)/t9-/m1/s1. The molecule has 3 aromatic rings. The first kappa shape index (κ1) is 13.9. The first-order chi connectivity index (χ1) is 10.2. The van der Waals surface area contributed by atoms with E-state index in [0.29, 0.717) is 0 Å². The van der Waals surface area contributed by atoms with Crippen LogP contribution in [-0.4, -0.2) is 22.1 Å². The largest absolute Gasteiger partial charge is 0.497 e. The predicted molar refractivity (Wildman–Crippen MR) is 83.6 cm³/mol. The number of H-pyrrole nitrogens is 1. The molecule has 0 unspecified atom stereocenters. The Morgan fingerprint density at radius 1 is 1.29 bits per heavy atom. The van der Waals surface area contributed by atoms with Crippen LogP contribution >= 0.6 is 11.8 Å². The van der Waals surface area contributed by atoms with E-state index < -0.39 is 0 Å². The van der Waals surface area contributed by atoms with Crippen LogP contribution in [0.1, 0.15) is 18.5 Å². The van der Waals surface area contributed by atoms with Gasteiger partial charge in [0.25, 0.3) is 0 Å². The molecule has 0 radical (unpaired) electrons. The molecule has 1 aromatic carbocycles. The van der Waals surface area contributed by atoms with Gasteiger partial charge in [-0.05, 0) is 48.5 Å². The average molecular weight is 300 g/mol. The molecule has 0 amide bonds. The molecule has 0 aliphatic rings. The van der Waals surface area contributed by atoms with Crippen molar-refractivity contribution in [1.29, 1.82) is 0 Å². The fourth-order valence-corrected chi connectivity index (χ4v) is 2.82. The van der Waals surface area contributed by atoms with Gasteiger partial charge < -0.3 is 15.5 Å². The van der Waals surface area contributed by atoms with Gasteiger partial charge in [0, 0.05) is 18.3 Å². The Morgan fingerprint density at radius 3 is 2.90 bits per heavy atom. The molecule has 21 heavy (non-hydrogen) atoms. The number of aromatic nitrogens is 3. The average Bonchev–Trinajstić information content (AvgIpc) is 2.88. The van der Waals surface area contributed by atoms with Crippen molar-refractivity contribution in [2.75, 3.05) is 7.11 Å². The molecule has 3 N–H and O–H groups in total. The summed E-state index contributed by atoms with van der Waals surface area (Å²) in [5.74, 6) is 0.805. The SMILES string of the molecule is COc1ccc2nc(Sc3cc([C@@H](C)N)ccn3)[nH]c2c1. The van der Waals surface area contributed by atoms with Crippen molar-refractivity contribution in [3.8, 4) is 5.75 Å². The third-order valence-electron chi connectivity index (χ3n) is 3.15. The van der Waals surface area contributed by atoms with E-state index in [4.69, 9.17) is 10.5 Å². The lowest BCUT2D eigenvalue weighted by atomic mass is 10.1. The smallest absolute Gasteiger partial charge is 0.172 e. The summed E-state index contributed by atoms with van der Waals surface area (Å²) in [4.78, 5) is 12.2. The van der Waals surface area contributed by atoms with E-state index >= 15 is 0 Å². The topological polar surface area (TPSA) is 76.8 Å². The van der Waals surface area contributed by atoms with E-state index in [0.717, 1.165) is 32.5 Å². The Bertz CT molecular complexity index is 769. The van der Waals surface area contributed by atoms with Crippen LogP contribution in [0.25, 0.3) is 11.0 Å².